The van der Waals surface area contributed by atoms with Crippen molar-refractivity contribution in [2.24, 2.45) is 0 Å². The Balaban J connectivity index is 2.48. The minimum absolute atomic E-state index is 0.220. The second kappa shape index (κ2) is 6.92. The number of hydrogen-bond donors (Lipinski definition) is 1. The summed E-state index contributed by atoms with van der Waals surface area (Å²) in [5.41, 5.74) is 5.05. The molecule has 0 atom stereocenters. The van der Waals surface area contributed by atoms with Gasteiger partial charge in [-0.3, -0.25) is 9.59 Å². The van der Waals surface area contributed by atoms with Crippen LogP contribution < -0.4 is 5.32 Å². The number of nitrogens with one attached hydrogen (secondary N) is 1. The molecular weight excluding hydrogens is 242 g/mol. The maximum atomic E-state index is 11.4. The first-order chi connectivity index (χ1) is 8.95. The highest BCUT2D eigenvalue weighted by molar-refractivity contribution is 5.94. The van der Waals surface area contributed by atoms with E-state index in [-0.39, 0.29) is 12.3 Å². The van der Waals surface area contributed by atoms with Crippen molar-refractivity contribution in [1.82, 2.24) is 5.32 Å². The Kier molecular flexibility index (Phi) is 5.55. The maximum Gasteiger partial charge on any atom is 0.315 e. The highest BCUT2D eigenvalue weighted by atomic mass is 16.5. The van der Waals surface area contributed by atoms with Gasteiger partial charge < -0.3 is 10.1 Å². The van der Waals surface area contributed by atoms with Crippen LogP contribution >= 0.6 is 0 Å². The smallest absolute Gasteiger partial charge is 0.315 e. The van der Waals surface area contributed by atoms with Gasteiger partial charge in [0.05, 0.1) is 7.11 Å². The molecule has 0 saturated carbocycles. The van der Waals surface area contributed by atoms with E-state index in [4.69, 9.17) is 0 Å². The third-order valence-electron chi connectivity index (χ3n) is 3.42. The second-order valence-electron chi connectivity index (χ2n) is 4.64. The Labute approximate surface area is 114 Å². The lowest BCUT2D eigenvalue weighted by molar-refractivity contribution is -0.143. The van der Waals surface area contributed by atoms with Crippen LogP contribution in [-0.4, -0.2) is 25.5 Å². The number of carbonyl (C=O) groups excluding carboxylic acids is 2. The Hall–Kier alpha value is -1.84. The van der Waals surface area contributed by atoms with Gasteiger partial charge in [-0.05, 0) is 49.4 Å². The summed E-state index contributed by atoms with van der Waals surface area (Å²) in [6, 6.07) is 4.18. The van der Waals surface area contributed by atoms with Gasteiger partial charge in [0.2, 0.25) is 5.91 Å². The molecule has 0 unspecified atom stereocenters. The van der Waals surface area contributed by atoms with E-state index in [1.54, 1.807) is 0 Å². The monoisotopic (exact) mass is 263 g/mol. The Morgan fingerprint density at radius 2 is 1.84 bits per heavy atom. The van der Waals surface area contributed by atoms with E-state index in [9.17, 15) is 9.59 Å². The SMILES string of the molecule is COC(=O)CC(=O)NCCc1ccc(C)c(C)c1C. The lowest BCUT2D eigenvalue weighted by Gasteiger charge is -2.11. The number of ether oxygens (including phenoxy) is 1. The van der Waals surface area contributed by atoms with E-state index in [2.05, 4.69) is 43.0 Å². The van der Waals surface area contributed by atoms with Gasteiger partial charge >= 0.3 is 5.97 Å². The van der Waals surface area contributed by atoms with E-state index < -0.39 is 5.97 Å². The first kappa shape index (κ1) is 15.2. The van der Waals surface area contributed by atoms with Gasteiger partial charge in [-0.25, -0.2) is 0 Å². The first-order valence-electron chi connectivity index (χ1n) is 6.35. The predicted octanol–water partition coefficient (Wildman–Crippen LogP) is 1.83. The van der Waals surface area contributed by atoms with Crippen LogP contribution in [0.4, 0.5) is 0 Å². The van der Waals surface area contributed by atoms with Gasteiger partial charge in [0.25, 0.3) is 0 Å². The average Bonchev–Trinajstić information content (AvgIpc) is 2.38. The lowest BCUT2D eigenvalue weighted by atomic mass is 9.97. The summed E-state index contributed by atoms with van der Waals surface area (Å²) in [5.74, 6) is -0.812. The van der Waals surface area contributed by atoms with Gasteiger partial charge in [0.15, 0.2) is 0 Å². The van der Waals surface area contributed by atoms with Crippen molar-refractivity contribution in [3.63, 3.8) is 0 Å². The van der Waals surface area contributed by atoms with Crippen LogP contribution in [0.3, 0.4) is 0 Å². The molecule has 0 bridgehead atoms. The van der Waals surface area contributed by atoms with Crippen LogP contribution in [0.2, 0.25) is 0 Å². The van der Waals surface area contributed by atoms with Crippen LogP contribution in [0.5, 0.6) is 0 Å². The normalized spacial score (nSPS) is 10.1. The molecule has 1 amide bonds. The Morgan fingerprint density at radius 3 is 2.47 bits per heavy atom. The zero-order chi connectivity index (χ0) is 14.4. The van der Waals surface area contributed by atoms with Crippen molar-refractivity contribution < 1.29 is 14.3 Å². The van der Waals surface area contributed by atoms with Gasteiger partial charge in [-0.1, -0.05) is 12.1 Å². The number of carbonyl (C=O) groups is 2. The third kappa shape index (κ3) is 4.39. The molecule has 104 valence electrons. The molecule has 0 aliphatic heterocycles. The third-order valence-corrected chi connectivity index (χ3v) is 3.42. The zero-order valence-electron chi connectivity index (χ0n) is 12.0. The molecular formula is C15H21NO3. The summed E-state index contributed by atoms with van der Waals surface area (Å²) < 4.78 is 4.43. The van der Waals surface area contributed by atoms with Crippen LogP contribution in [0.15, 0.2) is 12.1 Å². The molecule has 0 fully saturated rings. The summed E-state index contributed by atoms with van der Waals surface area (Å²) in [6.45, 7) is 6.81. The van der Waals surface area contributed by atoms with Gasteiger partial charge in [-0.2, -0.15) is 0 Å². The summed E-state index contributed by atoms with van der Waals surface area (Å²) in [7, 11) is 1.27. The number of esters is 1. The lowest BCUT2D eigenvalue weighted by Crippen LogP contribution is -2.28. The fraction of sp³-hybridized carbons (Fsp3) is 0.467. The quantitative estimate of drug-likeness (QED) is 0.651. The molecule has 0 heterocycles. The van der Waals surface area contributed by atoms with Crippen LogP contribution in [-0.2, 0) is 20.7 Å². The van der Waals surface area contributed by atoms with Crippen molar-refractivity contribution in [3.05, 3.63) is 34.4 Å². The van der Waals surface area contributed by atoms with Crippen molar-refractivity contribution in [1.29, 1.82) is 0 Å². The molecule has 0 aliphatic carbocycles. The number of methoxy groups -OCH3 is 1. The molecule has 0 spiro atoms. The molecule has 0 saturated heterocycles. The summed E-state index contributed by atoms with van der Waals surface area (Å²) in [5, 5.41) is 2.72. The highest BCUT2D eigenvalue weighted by Crippen LogP contribution is 2.17. The summed E-state index contributed by atoms with van der Waals surface area (Å²) >= 11 is 0. The molecule has 4 heteroatoms. The molecule has 1 N–H and O–H groups in total. The molecule has 0 aromatic heterocycles. The fourth-order valence-electron chi connectivity index (χ4n) is 1.89. The van der Waals surface area contributed by atoms with E-state index in [1.807, 2.05) is 0 Å². The molecule has 1 aromatic rings. The standard InChI is InChI=1S/C15H21NO3/c1-10-5-6-13(12(3)11(10)2)7-8-16-14(17)9-15(18)19-4/h5-6H,7-9H2,1-4H3,(H,16,17). The van der Waals surface area contributed by atoms with E-state index in [0.29, 0.717) is 6.54 Å². The van der Waals surface area contributed by atoms with Crippen LogP contribution in [0, 0.1) is 20.8 Å². The van der Waals surface area contributed by atoms with E-state index >= 15 is 0 Å². The topological polar surface area (TPSA) is 55.4 Å². The number of aryl methyl sites for hydroxylation is 1. The predicted molar refractivity (Wildman–Crippen MR) is 74.0 cm³/mol. The largest absolute Gasteiger partial charge is 0.469 e. The maximum absolute atomic E-state index is 11.4. The molecule has 19 heavy (non-hydrogen) atoms. The van der Waals surface area contributed by atoms with Crippen LogP contribution in [0.25, 0.3) is 0 Å². The van der Waals surface area contributed by atoms with Gasteiger partial charge in [-0.15, -0.1) is 0 Å². The van der Waals surface area contributed by atoms with Crippen molar-refractivity contribution in [2.45, 2.75) is 33.6 Å². The first-order valence-corrected chi connectivity index (χ1v) is 6.35. The minimum atomic E-state index is -0.514. The zero-order valence-corrected chi connectivity index (χ0v) is 12.0. The van der Waals surface area contributed by atoms with Crippen LogP contribution in [0.1, 0.15) is 28.7 Å². The number of rotatable bonds is 5. The average molecular weight is 263 g/mol. The molecule has 0 aliphatic rings. The van der Waals surface area contributed by atoms with E-state index in [0.717, 1.165) is 6.42 Å². The Morgan fingerprint density at radius 1 is 1.16 bits per heavy atom. The number of amides is 1. The highest BCUT2D eigenvalue weighted by Gasteiger charge is 2.09. The van der Waals surface area contributed by atoms with Crippen molar-refractivity contribution in [2.75, 3.05) is 13.7 Å². The second-order valence-corrected chi connectivity index (χ2v) is 4.64. The van der Waals surface area contributed by atoms with Crippen molar-refractivity contribution >= 4 is 11.9 Å². The van der Waals surface area contributed by atoms with Crippen molar-refractivity contribution in [3.8, 4) is 0 Å². The molecule has 1 aromatic carbocycles. The van der Waals surface area contributed by atoms with E-state index in [1.165, 1.54) is 29.4 Å². The van der Waals surface area contributed by atoms with Gasteiger partial charge in [0.1, 0.15) is 6.42 Å². The van der Waals surface area contributed by atoms with Gasteiger partial charge in [0, 0.05) is 6.54 Å². The summed E-state index contributed by atoms with van der Waals surface area (Å²) in [6.07, 6.45) is 0.544. The molecule has 0 radical (unpaired) electrons. The number of hydrogen-bond acceptors (Lipinski definition) is 3. The molecule has 4 nitrogen and oxygen atoms in total. The number of benzene rings is 1. The Bertz CT molecular complexity index is 481. The fourth-order valence-corrected chi connectivity index (χ4v) is 1.89. The minimum Gasteiger partial charge on any atom is -0.469 e. The summed E-state index contributed by atoms with van der Waals surface area (Å²) in [4.78, 5) is 22.3. The molecule has 1 rings (SSSR count).